The number of carbonyl (C=O) groups excluding carboxylic acids is 1. The number of amides is 1. The largest absolute Gasteiger partial charge is 0.497 e. The number of hydrogen-bond donors (Lipinski definition) is 1. The number of nitrogens with zero attached hydrogens (tertiary/aromatic N) is 2. The molecular weight excluding hydrogens is 366 g/mol. The SMILES string of the molecule is COc1cccc(NC(=O)c2ccc(N3CCc4cc(OC)ccc4C3)nc2)c1. The maximum absolute atomic E-state index is 12.5. The van der Waals surface area contributed by atoms with Crippen LogP contribution in [0.3, 0.4) is 0 Å². The van der Waals surface area contributed by atoms with Crippen LogP contribution < -0.4 is 19.7 Å². The third-order valence-corrected chi connectivity index (χ3v) is 5.09. The fraction of sp³-hybridized carbons (Fsp3) is 0.217. The number of anilines is 2. The van der Waals surface area contributed by atoms with Crippen molar-refractivity contribution >= 4 is 17.4 Å². The summed E-state index contributed by atoms with van der Waals surface area (Å²) in [5.74, 6) is 2.25. The van der Waals surface area contributed by atoms with Crippen LogP contribution in [-0.2, 0) is 13.0 Å². The molecule has 0 fully saturated rings. The lowest BCUT2D eigenvalue weighted by molar-refractivity contribution is 0.102. The Morgan fingerprint density at radius 2 is 1.83 bits per heavy atom. The van der Waals surface area contributed by atoms with Gasteiger partial charge in [-0.1, -0.05) is 12.1 Å². The standard InChI is InChI=1S/C23H23N3O3/c1-28-20-5-3-4-19(13-20)25-23(27)17-7-9-22(24-14-17)26-11-10-16-12-21(29-2)8-6-18(16)15-26/h3-9,12-14H,10-11,15H2,1-2H3,(H,25,27). The zero-order chi connectivity index (χ0) is 20.2. The Labute approximate surface area is 170 Å². The van der Waals surface area contributed by atoms with Crippen LogP contribution in [0.1, 0.15) is 21.5 Å². The van der Waals surface area contributed by atoms with Crippen LogP contribution in [0.25, 0.3) is 0 Å². The molecule has 0 saturated heterocycles. The number of carbonyl (C=O) groups is 1. The second kappa shape index (κ2) is 8.22. The van der Waals surface area contributed by atoms with Gasteiger partial charge >= 0.3 is 0 Å². The molecule has 0 bridgehead atoms. The Bertz CT molecular complexity index is 1020. The summed E-state index contributed by atoms with van der Waals surface area (Å²) < 4.78 is 10.5. The zero-order valence-corrected chi connectivity index (χ0v) is 16.5. The number of hydrogen-bond acceptors (Lipinski definition) is 5. The summed E-state index contributed by atoms with van der Waals surface area (Å²) in [6.07, 6.45) is 2.56. The van der Waals surface area contributed by atoms with E-state index in [1.54, 1.807) is 32.5 Å². The highest BCUT2D eigenvalue weighted by Crippen LogP contribution is 2.26. The first-order valence-electron chi connectivity index (χ1n) is 9.48. The second-order valence-corrected chi connectivity index (χ2v) is 6.90. The summed E-state index contributed by atoms with van der Waals surface area (Å²) >= 11 is 0. The number of pyridine rings is 1. The predicted octanol–water partition coefficient (Wildman–Crippen LogP) is 3.91. The fourth-order valence-corrected chi connectivity index (χ4v) is 3.46. The Hall–Kier alpha value is -3.54. The predicted molar refractivity (Wildman–Crippen MR) is 113 cm³/mol. The molecule has 148 valence electrons. The van der Waals surface area contributed by atoms with Gasteiger partial charge in [-0.05, 0) is 53.9 Å². The Morgan fingerprint density at radius 3 is 2.59 bits per heavy atom. The average molecular weight is 389 g/mol. The summed E-state index contributed by atoms with van der Waals surface area (Å²) in [7, 11) is 3.28. The van der Waals surface area contributed by atoms with Crippen LogP contribution in [0.4, 0.5) is 11.5 Å². The van der Waals surface area contributed by atoms with Crippen molar-refractivity contribution < 1.29 is 14.3 Å². The minimum atomic E-state index is -0.201. The molecule has 4 rings (SSSR count). The molecule has 1 N–H and O–H groups in total. The maximum atomic E-state index is 12.5. The van der Waals surface area contributed by atoms with Crippen LogP contribution in [0.15, 0.2) is 60.8 Å². The minimum Gasteiger partial charge on any atom is -0.497 e. The third kappa shape index (κ3) is 4.16. The molecule has 6 nitrogen and oxygen atoms in total. The van der Waals surface area contributed by atoms with Gasteiger partial charge in [-0.25, -0.2) is 4.98 Å². The number of aromatic nitrogens is 1. The van der Waals surface area contributed by atoms with Gasteiger partial charge in [0.2, 0.25) is 0 Å². The van der Waals surface area contributed by atoms with Crippen LogP contribution in [0.5, 0.6) is 11.5 Å². The van der Waals surface area contributed by atoms with Gasteiger partial charge in [0.25, 0.3) is 5.91 Å². The molecule has 0 saturated carbocycles. The molecule has 29 heavy (non-hydrogen) atoms. The lowest BCUT2D eigenvalue weighted by Crippen LogP contribution is -2.31. The highest BCUT2D eigenvalue weighted by molar-refractivity contribution is 6.04. The van der Waals surface area contributed by atoms with E-state index in [1.165, 1.54) is 11.1 Å². The Morgan fingerprint density at radius 1 is 1.00 bits per heavy atom. The third-order valence-electron chi connectivity index (χ3n) is 5.09. The summed E-state index contributed by atoms with van der Waals surface area (Å²) in [5, 5.41) is 2.87. The molecule has 1 aromatic heterocycles. The number of methoxy groups -OCH3 is 2. The highest BCUT2D eigenvalue weighted by atomic mass is 16.5. The lowest BCUT2D eigenvalue weighted by atomic mass is 9.99. The minimum absolute atomic E-state index is 0.201. The van der Waals surface area contributed by atoms with Crippen molar-refractivity contribution in [3.63, 3.8) is 0 Å². The molecule has 2 aromatic carbocycles. The number of fused-ring (bicyclic) bond motifs is 1. The highest BCUT2D eigenvalue weighted by Gasteiger charge is 2.18. The molecule has 1 aliphatic rings. The Balaban J connectivity index is 1.44. The molecule has 0 atom stereocenters. The van der Waals surface area contributed by atoms with E-state index >= 15 is 0 Å². The molecule has 6 heteroatoms. The molecule has 0 unspecified atom stereocenters. The number of benzene rings is 2. The summed E-state index contributed by atoms with van der Waals surface area (Å²) in [6.45, 7) is 1.67. The molecule has 0 radical (unpaired) electrons. The molecule has 2 heterocycles. The first-order valence-corrected chi connectivity index (χ1v) is 9.48. The number of ether oxygens (including phenoxy) is 2. The van der Waals surface area contributed by atoms with Crippen LogP contribution in [0.2, 0.25) is 0 Å². The topological polar surface area (TPSA) is 63.7 Å². The van der Waals surface area contributed by atoms with Crippen LogP contribution in [-0.4, -0.2) is 31.7 Å². The van der Waals surface area contributed by atoms with Gasteiger partial charge in [-0.3, -0.25) is 4.79 Å². The van der Waals surface area contributed by atoms with E-state index in [4.69, 9.17) is 9.47 Å². The molecule has 0 spiro atoms. The van der Waals surface area contributed by atoms with Crippen molar-refractivity contribution in [3.8, 4) is 11.5 Å². The van der Waals surface area contributed by atoms with Gasteiger partial charge in [0.05, 0.1) is 19.8 Å². The van der Waals surface area contributed by atoms with Crippen molar-refractivity contribution in [1.82, 2.24) is 4.98 Å². The quantitative estimate of drug-likeness (QED) is 0.717. The first kappa shape index (κ1) is 18.8. The van der Waals surface area contributed by atoms with Gasteiger partial charge < -0.3 is 19.7 Å². The van der Waals surface area contributed by atoms with E-state index < -0.39 is 0 Å². The summed E-state index contributed by atoms with van der Waals surface area (Å²) in [4.78, 5) is 19.2. The van der Waals surface area contributed by atoms with Crippen molar-refractivity contribution in [2.24, 2.45) is 0 Å². The van der Waals surface area contributed by atoms with E-state index in [0.29, 0.717) is 17.0 Å². The zero-order valence-electron chi connectivity index (χ0n) is 16.5. The number of rotatable bonds is 5. The van der Waals surface area contributed by atoms with Gasteiger partial charge in [0, 0.05) is 31.0 Å². The average Bonchev–Trinajstić information content (AvgIpc) is 2.78. The molecule has 3 aromatic rings. The molecule has 0 aliphatic carbocycles. The van der Waals surface area contributed by atoms with Crippen LogP contribution in [0, 0.1) is 0 Å². The number of nitrogens with one attached hydrogen (secondary N) is 1. The van der Waals surface area contributed by atoms with Gasteiger partial charge in [-0.15, -0.1) is 0 Å². The molecule has 1 amide bonds. The van der Waals surface area contributed by atoms with Crippen molar-refractivity contribution in [1.29, 1.82) is 0 Å². The van der Waals surface area contributed by atoms with E-state index in [1.807, 2.05) is 30.3 Å². The van der Waals surface area contributed by atoms with E-state index in [-0.39, 0.29) is 5.91 Å². The van der Waals surface area contributed by atoms with E-state index in [0.717, 1.165) is 31.1 Å². The van der Waals surface area contributed by atoms with Crippen molar-refractivity contribution in [2.75, 3.05) is 31.0 Å². The van der Waals surface area contributed by atoms with E-state index in [9.17, 15) is 4.79 Å². The van der Waals surface area contributed by atoms with Gasteiger partial charge in [0.1, 0.15) is 17.3 Å². The van der Waals surface area contributed by atoms with Crippen molar-refractivity contribution in [2.45, 2.75) is 13.0 Å². The van der Waals surface area contributed by atoms with Gasteiger partial charge in [0.15, 0.2) is 0 Å². The molecular formula is C23H23N3O3. The first-order chi connectivity index (χ1) is 14.2. The smallest absolute Gasteiger partial charge is 0.257 e. The molecule has 1 aliphatic heterocycles. The van der Waals surface area contributed by atoms with Crippen LogP contribution >= 0.6 is 0 Å². The fourth-order valence-electron chi connectivity index (χ4n) is 3.46. The maximum Gasteiger partial charge on any atom is 0.257 e. The summed E-state index contributed by atoms with van der Waals surface area (Å²) in [5.41, 5.74) is 3.79. The normalized spacial score (nSPS) is 12.8. The lowest BCUT2D eigenvalue weighted by Gasteiger charge is -2.30. The van der Waals surface area contributed by atoms with Gasteiger partial charge in [-0.2, -0.15) is 0 Å². The second-order valence-electron chi connectivity index (χ2n) is 6.90. The van der Waals surface area contributed by atoms with Crippen molar-refractivity contribution in [3.05, 3.63) is 77.5 Å². The Kier molecular flexibility index (Phi) is 5.33. The monoisotopic (exact) mass is 389 g/mol. The van der Waals surface area contributed by atoms with E-state index in [2.05, 4.69) is 27.3 Å². The summed E-state index contributed by atoms with van der Waals surface area (Å²) in [6, 6.07) is 17.2.